The molecule has 0 fully saturated rings. The number of hydrogen-bond donors (Lipinski definition) is 0. The summed E-state index contributed by atoms with van der Waals surface area (Å²) in [5.41, 5.74) is 8.57. The van der Waals surface area contributed by atoms with Crippen LogP contribution in [0.3, 0.4) is 0 Å². The van der Waals surface area contributed by atoms with Gasteiger partial charge in [-0.2, -0.15) is 0 Å². The molecule has 0 atom stereocenters. The first-order valence-electron chi connectivity index (χ1n) is 7.06. The third-order valence-electron chi connectivity index (χ3n) is 3.67. The summed E-state index contributed by atoms with van der Waals surface area (Å²) in [5, 5.41) is 3.13. The number of benzene rings is 2. The molecular weight excluding hydrogens is 272 g/mol. The fraction of sp³-hybridized carbons (Fsp3) is 0.333. The van der Waals surface area contributed by atoms with Gasteiger partial charge in [-0.3, -0.25) is 0 Å². The van der Waals surface area contributed by atoms with Crippen LogP contribution < -0.4 is 10.4 Å². The summed E-state index contributed by atoms with van der Waals surface area (Å²) < 4.78 is 0. The Hall–Kier alpha value is -1.13. The van der Waals surface area contributed by atoms with Crippen molar-refractivity contribution < 1.29 is 0 Å². The van der Waals surface area contributed by atoms with Gasteiger partial charge in [0.25, 0.3) is 0 Å². The maximum absolute atomic E-state index is 2.31. The van der Waals surface area contributed by atoms with E-state index in [2.05, 4.69) is 65.8 Å². The first-order valence-corrected chi connectivity index (χ1v) is 10.1. The van der Waals surface area contributed by atoms with Crippen molar-refractivity contribution in [2.45, 2.75) is 41.5 Å². The van der Waals surface area contributed by atoms with Crippen LogP contribution in [0.25, 0.3) is 0 Å². The van der Waals surface area contributed by atoms with Crippen molar-refractivity contribution in [1.82, 2.24) is 0 Å². The van der Waals surface area contributed by atoms with E-state index < -0.39 is 0 Å². The van der Waals surface area contributed by atoms with E-state index in [0.29, 0.717) is 0 Å². The zero-order valence-electron chi connectivity index (χ0n) is 13.3. The average Bonchev–Trinajstić information content (AvgIpc) is 2.30. The first kappa shape index (κ1) is 15.3. The lowest BCUT2D eigenvalue weighted by Crippen LogP contribution is -2.35. The Labute approximate surface area is 128 Å². The van der Waals surface area contributed by atoms with E-state index in [4.69, 9.17) is 0 Å². The molecule has 20 heavy (non-hydrogen) atoms. The lowest BCUT2D eigenvalue weighted by Gasteiger charge is -2.13. The fourth-order valence-corrected chi connectivity index (χ4v) is 7.32. The summed E-state index contributed by atoms with van der Waals surface area (Å²) in [6.45, 7) is 13.4. The standard InChI is InChI=1S/C18H22Si2/c1-11-7-13(3)17(14(4)8-11)19-20-18-15(5)9-12(2)10-16(18)6/h7-10H,1-6H3. The lowest BCUT2D eigenvalue weighted by molar-refractivity contribution is 1.35. The predicted molar refractivity (Wildman–Crippen MR) is 92.1 cm³/mol. The minimum Gasteiger partial charge on any atom is -0.0616 e. The molecule has 0 heterocycles. The second-order valence-corrected chi connectivity index (χ2v) is 8.80. The highest BCUT2D eigenvalue weighted by atomic mass is 29.1. The number of hydrogen-bond acceptors (Lipinski definition) is 0. The van der Waals surface area contributed by atoms with Crippen LogP contribution >= 0.6 is 0 Å². The van der Waals surface area contributed by atoms with Crippen molar-refractivity contribution in [2.24, 2.45) is 0 Å². The largest absolute Gasteiger partial charge is 0.0719 e. The van der Waals surface area contributed by atoms with Crippen molar-refractivity contribution in [2.75, 3.05) is 0 Å². The maximum Gasteiger partial charge on any atom is 0.0719 e. The Morgan fingerprint density at radius 3 is 1.00 bits per heavy atom. The molecule has 102 valence electrons. The predicted octanol–water partition coefficient (Wildman–Crippen LogP) is 2.81. The average molecular weight is 295 g/mol. The minimum atomic E-state index is 0.893. The molecule has 0 amide bonds. The molecule has 0 bridgehead atoms. The Morgan fingerprint density at radius 1 is 0.500 bits per heavy atom. The van der Waals surface area contributed by atoms with Crippen LogP contribution in [-0.4, -0.2) is 18.1 Å². The van der Waals surface area contributed by atoms with E-state index in [0.717, 1.165) is 18.1 Å². The SMILES string of the molecule is Cc1cc(C)c([Si][Si]c2c(C)cc(C)cc2C)c(C)c1. The summed E-state index contributed by atoms with van der Waals surface area (Å²) >= 11 is 0. The van der Waals surface area contributed by atoms with E-state index in [-0.39, 0.29) is 0 Å². The molecule has 2 aromatic carbocycles. The van der Waals surface area contributed by atoms with Gasteiger partial charge in [0, 0.05) is 0 Å². The lowest BCUT2D eigenvalue weighted by atomic mass is 10.1. The molecule has 2 aromatic rings. The minimum absolute atomic E-state index is 0.893. The number of rotatable bonds is 3. The summed E-state index contributed by atoms with van der Waals surface area (Å²) in [6.07, 6.45) is 0. The maximum atomic E-state index is 2.31. The molecule has 0 N–H and O–H groups in total. The fourth-order valence-electron chi connectivity index (χ4n) is 2.88. The topological polar surface area (TPSA) is 0 Å². The van der Waals surface area contributed by atoms with Gasteiger partial charge in [0.1, 0.15) is 0 Å². The van der Waals surface area contributed by atoms with Crippen molar-refractivity contribution >= 4 is 28.4 Å². The van der Waals surface area contributed by atoms with Crippen molar-refractivity contribution in [3.05, 3.63) is 57.6 Å². The Morgan fingerprint density at radius 2 is 0.750 bits per heavy atom. The van der Waals surface area contributed by atoms with Gasteiger partial charge in [0.15, 0.2) is 0 Å². The molecule has 0 aliphatic heterocycles. The van der Waals surface area contributed by atoms with Gasteiger partial charge in [-0.05, 0) is 41.5 Å². The quantitative estimate of drug-likeness (QED) is 0.764. The zero-order chi connectivity index (χ0) is 14.9. The molecule has 0 nitrogen and oxygen atoms in total. The van der Waals surface area contributed by atoms with E-state index in [1.807, 2.05) is 0 Å². The molecule has 0 aliphatic carbocycles. The van der Waals surface area contributed by atoms with Gasteiger partial charge >= 0.3 is 0 Å². The van der Waals surface area contributed by atoms with E-state index in [9.17, 15) is 0 Å². The Bertz CT molecular complexity index is 538. The highest BCUT2D eigenvalue weighted by Crippen LogP contribution is 2.07. The van der Waals surface area contributed by atoms with Crippen LogP contribution in [-0.2, 0) is 0 Å². The van der Waals surface area contributed by atoms with Gasteiger partial charge < -0.3 is 0 Å². The van der Waals surface area contributed by atoms with Crippen LogP contribution in [0.15, 0.2) is 24.3 Å². The second kappa shape index (κ2) is 6.10. The molecule has 0 aliphatic rings. The molecule has 2 heteroatoms. The smallest absolute Gasteiger partial charge is 0.0616 e. The van der Waals surface area contributed by atoms with Gasteiger partial charge in [-0.1, -0.05) is 68.0 Å². The molecule has 0 saturated heterocycles. The number of aryl methyl sites for hydroxylation is 6. The normalized spacial score (nSPS) is 10.9. The highest BCUT2D eigenvalue weighted by Gasteiger charge is 2.09. The van der Waals surface area contributed by atoms with Crippen LogP contribution in [0.5, 0.6) is 0 Å². The van der Waals surface area contributed by atoms with Crippen LogP contribution in [0.2, 0.25) is 0 Å². The third kappa shape index (κ3) is 3.30. The molecule has 0 spiro atoms. The summed E-state index contributed by atoms with van der Waals surface area (Å²) in [6, 6.07) is 9.26. The van der Waals surface area contributed by atoms with Crippen molar-refractivity contribution in [3.63, 3.8) is 0 Å². The monoisotopic (exact) mass is 294 g/mol. The van der Waals surface area contributed by atoms with E-state index in [1.165, 1.54) is 33.4 Å². The summed E-state index contributed by atoms with van der Waals surface area (Å²) in [4.78, 5) is 0. The summed E-state index contributed by atoms with van der Waals surface area (Å²) in [7, 11) is 1.79. The van der Waals surface area contributed by atoms with Gasteiger partial charge in [-0.15, -0.1) is 0 Å². The molecular formula is C18H22Si2. The van der Waals surface area contributed by atoms with Crippen molar-refractivity contribution in [1.29, 1.82) is 0 Å². The first-order chi connectivity index (χ1) is 9.38. The molecule has 0 aromatic heterocycles. The molecule has 4 radical (unpaired) electrons. The molecule has 0 saturated carbocycles. The third-order valence-corrected chi connectivity index (χ3v) is 7.74. The van der Waals surface area contributed by atoms with E-state index in [1.54, 1.807) is 10.4 Å². The van der Waals surface area contributed by atoms with Gasteiger partial charge in [0.05, 0.1) is 18.1 Å². The van der Waals surface area contributed by atoms with Crippen LogP contribution in [0.1, 0.15) is 33.4 Å². The summed E-state index contributed by atoms with van der Waals surface area (Å²) in [5.74, 6) is 0. The van der Waals surface area contributed by atoms with E-state index >= 15 is 0 Å². The zero-order valence-corrected chi connectivity index (χ0v) is 15.3. The van der Waals surface area contributed by atoms with Crippen LogP contribution in [0, 0.1) is 41.5 Å². The molecule has 2 rings (SSSR count). The van der Waals surface area contributed by atoms with Gasteiger partial charge in [0.2, 0.25) is 0 Å². The molecule has 0 unspecified atom stereocenters. The Kier molecular flexibility index (Phi) is 4.66. The Balaban J connectivity index is 2.26. The second-order valence-electron chi connectivity index (χ2n) is 5.80. The van der Waals surface area contributed by atoms with Crippen molar-refractivity contribution in [3.8, 4) is 0 Å². The highest BCUT2D eigenvalue weighted by molar-refractivity contribution is 7.13. The van der Waals surface area contributed by atoms with Gasteiger partial charge in [-0.25, -0.2) is 0 Å². The van der Waals surface area contributed by atoms with Crippen LogP contribution in [0.4, 0.5) is 0 Å².